The Morgan fingerprint density at radius 2 is 1.96 bits per heavy atom. The predicted molar refractivity (Wildman–Crippen MR) is 121 cm³/mol. The Labute approximate surface area is 177 Å². The van der Waals surface area contributed by atoms with Crippen LogP contribution >= 0.6 is 24.0 Å². The number of rotatable bonds is 6. The van der Waals surface area contributed by atoms with Crippen LogP contribution in [0.15, 0.2) is 53.5 Å². The number of para-hydroxylation sites is 2. The van der Waals surface area contributed by atoms with E-state index in [0.717, 1.165) is 40.7 Å². The summed E-state index contributed by atoms with van der Waals surface area (Å²) in [7, 11) is 3.71. The van der Waals surface area contributed by atoms with Gasteiger partial charge in [-0.15, -0.1) is 24.0 Å². The molecule has 0 spiro atoms. The fourth-order valence-electron chi connectivity index (χ4n) is 2.80. The summed E-state index contributed by atoms with van der Waals surface area (Å²) >= 11 is 0. The van der Waals surface area contributed by atoms with Crippen molar-refractivity contribution in [1.29, 1.82) is 0 Å². The number of guanidine groups is 1. The zero-order valence-electron chi connectivity index (χ0n) is 15.9. The number of benzene rings is 2. The molecule has 27 heavy (non-hydrogen) atoms. The van der Waals surface area contributed by atoms with Crippen LogP contribution in [0.25, 0.3) is 11.0 Å². The molecule has 0 aliphatic carbocycles. The minimum Gasteiger partial charge on any atom is -0.497 e. The molecule has 144 valence electrons. The van der Waals surface area contributed by atoms with E-state index in [9.17, 15) is 0 Å². The third-order valence-corrected chi connectivity index (χ3v) is 4.19. The first-order chi connectivity index (χ1) is 12.7. The number of ether oxygens (including phenoxy) is 1. The Kier molecular flexibility index (Phi) is 7.90. The maximum atomic E-state index is 5.27. The van der Waals surface area contributed by atoms with E-state index in [1.165, 1.54) is 0 Å². The Hall–Kier alpha value is -2.29. The average Bonchev–Trinajstić information content (AvgIpc) is 3.00. The smallest absolute Gasteiger partial charge is 0.191 e. The zero-order chi connectivity index (χ0) is 18.4. The van der Waals surface area contributed by atoms with Crippen LogP contribution in [0.1, 0.15) is 18.3 Å². The number of nitrogens with zero attached hydrogens (tertiary/aromatic N) is 3. The number of nitrogens with one attached hydrogen (secondary N) is 2. The number of fused-ring (bicyclic) bond motifs is 1. The van der Waals surface area contributed by atoms with E-state index >= 15 is 0 Å². The molecule has 0 saturated carbocycles. The predicted octanol–water partition coefficient (Wildman–Crippen LogP) is 3.46. The van der Waals surface area contributed by atoms with Crippen LogP contribution in [0.4, 0.5) is 0 Å². The lowest BCUT2D eigenvalue weighted by Crippen LogP contribution is -2.37. The molecule has 1 aromatic heterocycles. The zero-order valence-corrected chi connectivity index (χ0v) is 18.2. The van der Waals surface area contributed by atoms with Gasteiger partial charge in [0, 0.05) is 13.6 Å². The minimum atomic E-state index is 0. The molecule has 3 rings (SSSR count). The third kappa shape index (κ3) is 5.35. The van der Waals surface area contributed by atoms with E-state index in [1.54, 1.807) is 7.11 Å². The molecule has 0 bridgehead atoms. The number of aliphatic imine (C=N–C) groups is 1. The van der Waals surface area contributed by atoms with Crippen molar-refractivity contribution in [3.05, 3.63) is 59.9 Å². The van der Waals surface area contributed by atoms with Crippen LogP contribution in [0.3, 0.4) is 0 Å². The molecule has 6 nitrogen and oxygen atoms in total. The number of aromatic nitrogens is 2. The van der Waals surface area contributed by atoms with Crippen molar-refractivity contribution in [1.82, 2.24) is 20.2 Å². The molecule has 7 heteroatoms. The van der Waals surface area contributed by atoms with Gasteiger partial charge in [-0.1, -0.05) is 24.3 Å². The lowest BCUT2D eigenvalue weighted by Gasteiger charge is -2.11. The fraction of sp³-hybridized carbons (Fsp3) is 0.300. The Morgan fingerprint density at radius 1 is 1.15 bits per heavy atom. The van der Waals surface area contributed by atoms with E-state index in [0.29, 0.717) is 13.1 Å². The maximum Gasteiger partial charge on any atom is 0.191 e. The summed E-state index contributed by atoms with van der Waals surface area (Å²) in [6.07, 6.45) is 0. The molecule has 0 radical (unpaired) electrons. The van der Waals surface area contributed by atoms with Crippen molar-refractivity contribution in [2.24, 2.45) is 12.0 Å². The fourth-order valence-corrected chi connectivity index (χ4v) is 2.80. The molecule has 2 aromatic carbocycles. The largest absolute Gasteiger partial charge is 0.497 e. The number of imidazole rings is 1. The van der Waals surface area contributed by atoms with Gasteiger partial charge in [-0.05, 0) is 36.8 Å². The lowest BCUT2D eigenvalue weighted by molar-refractivity contribution is 0.414. The first kappa shape index (κ1) is 21.0. The normalized spacial score (nSPS) is 11.1. The molecule has 0 amide bonds. The first-order valence-electron chi connectivity index (χ1n) is 8.76. The quantitative estimate of drug-likeness (QED) is 0.323. The topological polar surface area (TPSA) is 63.5 Å². The van der Waals surface area contributed by atoms with Crippen molar-refractivity contribution in [2.75, 3.05) is 13.7 Å². The van der Waals surface area contributed by atoms with Crippen LogP contribution < -0.4 is 15.4 Å². The minimum absolute atomic E-state index is 0. The highest BCUT2D eigenvalue weighted by atomic mass is 127. The van der Waals surface area contributed by atoms with Gasteiger partial charge in [0.15, 0.2) is 5.96 Å². The van der Waals surface area contributed by atoms with Gasteiger partial charge in [-0.3, -0.25) is 0 Å². The van der Waals surface area contributed by atoms with E-state index in [-0.39, 0.29) is 24.0 Å². The molecular weight excluding hydrogens is 453 g/mol. The number of hydrogen-bond donors (Lipinski definition) is 2. The number of hydrogen-bond acceptors (Lipinski definition) is 3. The van der Waals surface area contributed by atoms with Gasteiger partial charge in [-0.25, -0.2) is 9.98 Å². The summed E-state index contributed by atoms with van der Waals surface area (Å²) in [5.41, 5.74) is 3.23. The van der Waals surface area contributed by atoms with E-state index in [2.05, 4.69) is 38.2 Å². The third-order valence-electron chi connectivity index (χ3n) is 4.19. The monoisotopic (exact) mass is 479 g/mol. The molecule has 0 unspecified atom stereocenters. The van der Waals surface area contributed by atoms with Gasteiger partial charge in [0.2, 0.25) is 0 Å². The second-order valence-electron chi connectivity index (χ2n) is 5.98. The maximum absolute atomic E-state index is 5.27. The van der Waals surface area contributed by atoms with Crippen LogP contribution in [-0.4, -0.2) is 29.2 Å². The first-order valence-corrected chi connectivity index (χ1v) is 8.76. The highest BCUT2D eigenvalue weighted by Crippen LogP contribution is 2.14. The summed E-state index contributed by atoms with van der Waals surface area (Å²) in [5, 5.41) is 6.64. The number of aryl methyl sites for hydroxylation is 1. The van der Waals surface area contributed by atoms with Crippen molar-refractivity contribution in [3.63, 3.8) is 0 Å². The summed E-state index contributed by atoms with van der Waals surface area (Å²) < 4.78 is 7.37. The summed E-state index contributed by atoms with van der Waals surface area (Å²) in [4.78, 5) is 9.35. The van der Waals surface area contributed by atoms with Crippen molar-refractivity contribution in [3.8, 4) is 5.75 Å². The van der Waals surface area contributed by atoms with E-state index in [1.807, 2.05) is 49.5 Å². The number of methoxy groups -OCH3 is 1. The van der Waals surface area contributed by atoms with Gasteiger partial charge in [0.25, 0.3) is 0 Å². The van der Waals surface area contributed by atoms with Crippen LogP contribution in [0.2, 0.25) is 0 Å². The van der Waals surface area contributed by atoms with Crippen LogP contribution in [0, 0.1) is 0 Å². The molecule has 0 fully saturated rings. The molecule has 0 aliphatic heterocycles. The van der Waals surface area contributed by atoms with Crippen molar-refractivity contribution >= 4 is 41.0 Å². The van der Waals surface area contributed by atoms with Crippen molar-refractivity contribution < 1.29 is 4.74 Å². The summed E-state index contributed by atoms with van der Waals surface area (Å²) in [5.74, 6) is 2.58. The molecular formula is C20H26IN5O. The van der Waals surface area contributed by atoms with Gasteiger partial charge in [0.1, 0.15) is 11.6 Å². The second-order valence-corrected chi connectivity index (χ2v) is 5.98. The molecule has 2 N–H and O–H groups in total. The van der Waals surface area contributed by atoms with Crippen molar-refractivity contribution in [2.45, 2.75) is 20.0 Å². The second kappa shape index (κ2) is 10.1. The molecule has 1 heterocycles. The summed E-state index contributed by atoms with van der Waals surface area (Å²) in [6.45, 7) is 4.04. The Balaban J connectivity index is 0.00000261. The summed E-state index contributed by atoms with van der Waals surface area (Å²) in [6, 6.07) is 16.1. The van der Waals surface area contributed by atoms with Gasteiger partial charge in [0.05, 0.1) is 31.2 Å². The van der Waals surface area contributed by atoms with Gasteiger partial charge >= 0.3 is 0 Å². The highest BCUT2D eigenvalue weighted by molar-refractivity contribution is 14.0. The molecule has 0 saturated heterocycles. The highest BCUT2D eigenvalue weighted by Gasteiger charge is 2.07. The van der Waals surface area contributed by atoms with Gasteiger partial charge in [-0.2, -0.15) is 0 Å². The van der Waals surface area contributed by atoms with E-state index < -0.39 is 0 Å². The SMILES string of the molecule is CCNC(=NCc1cccc(OC)c1)NCc1nc2ccccc2n1C.I. The van der Waals surface area contributed by atoms with Gasteiger partial charge < -0.3 is 19.9 Å². The van der Waals surface area contributed by atoms with Crippen LogP contribution in [-0.2, 0) is 20.1 Å². The Morgan fingerprint density at radius 3 is 2.70 bits per heavy atom. The lowest BCUT2D eigenvalue weighted by atomic mass is 10.2. The molecule has 3 aromatic rings. The molecule has 0 aliphatic rings. The van der Waals surface area contributed by atoms with Crippen LogP contribution in [0.5, 0.6) is 5.75 Å². The molecule has 0 atom stereocenters. The number of halogens is 1. The standard InChI is InChI=1S/C20H25N5O.HI/c1-4-21-20(22-13-15-8-7-9-16(12-15)26-3)23-14-19-24-17-10-5-6-11-18(17)25(19)2;/h5-12H,4,13-14H2,1-3H3,(H2,21,22,23);1H. The van der Waals surface area contributed by atoms with E-state index in [4.69, 9.17) is 4.74 Å². The average molecular weight is 479 g/mol. The Bertz CT molecular complexity index is 906.